The van der Waals surface area contributed by atoms with E-state index in [9.17, 15) is 58.5 Å². The first-order chi connectivity index (χ1) is 23.3. The molecule has 0 aromatic carbocycles. The Morgan fingerprint density at radius 1 is 1.04 bits per heavy atom. The van der Waals surface area contributed by atoms with Gasteiger partial charge >= 0.3 is 21.6 Å². The van der Waals surface area contributed by atoms with Gasteiger partial charge in [0.05, 0.1) is 24.4 Å². The Morgan fingerprint density at radius 2 is 1.72 bits per heavy atom. The molecular weight excluding hydrogens is 761 g/mol. The zero-order chi connectivity index (χ0) is 36.8. The fourth-order valence-corrected chi connectivity index (χ4v) is 8.05. The number of nitrogen functional groups attached to an aromatic ring is 1. The number of aromatic nitrogens is 5. The lowest BCUT2D eigenvalue weighted by Crippen LogP contribution is -2.46. The molecule has 3 aromatic rings. The summed E-state index contributed by atoms with van der Waals surface area (Å²) < 4.78 is 68.1. The molecular formula is C22H29N6O18P3S. The summed E-state index contributed by atoms with van der Waals surface area (Å²) in [6.07, 6.45) is -7.24. The third-order valence-electron chi connectivity index (χ3n) is 7.21. The molecule has 2 saturated heterocycles. The monoisotopic (exact) mass is 790 g/mol. The number of thioether (sulfide) groups is 1. The number of nitrogens with zero attached hydrogens (tertiary/aromatic N) is 5. The zero-order valence-corrected chi connectivity index (χ0v) is 28.6. The topological polar surface area (TPSA) is 362 Å². The van der Waals surface area contributed by atoms with Crippen LogP contribution in [-0.2, 0) is 41.1 Å². The first kappa shape index (κ1) is 38.7. The predicted molar refractivity (Wildman–Crippen MR) is 158 cm³/mol. The first-order valence-corrected chi connectivity index (χ1v) is 19.5. The van der Waals surface area contributed by atoms with E-state index in [1.165, 1.54) is 24.0 Å². The third kappa shape index (κ3) is 8.74. The van der Waals surface area contributed by atoms with Crippen LogP contribution in [0.25, 0.3) is 11.2 Å². The fourth-order valence-electron chi connectivity index (χ4n) is 4.98. The number of hydrogen-bond acceptors (Lipinski definition) is 19. The highest BCUT2D eigenvalue weighted by atomic mass is 32.2. The molecule has 9 N–H and O–H groups in total. The van der Waals surface area contributed by atoms with Crippen molar-refractivity contribution in [1.29, 1.82) is 0 Å². The molecule has 2 aliphatic heterocycles. The zero-order valence-electron chi connectivity index (χ0n) is 25.1. The van der Waals surface area contributed by atoms with Crippen molar-refractivity contribution in [2.45, 2.75) is 54.0 Å². The number of pyridine rings is 1. The van der Waals surface area contributed by atoms with Crippen LogP contribution in [-0.4, -0.2) is 117 Å². The summed E-state index contributed by atoms with van der Waals surface area (Å²) in [7, 11) is -16.7. The Bertz CT molecular complexity index is 1880. The molecule has 0 spiro atoms. The molecule has 50 heavy (non-hydrogen) atoms. The predicted octanol–water partition coefficient (Wildman–Crippen LogP) is -2.21. The first-order valence-electron chi connectivity index (χ1n) is 13.8. The lowest BCUT2D eigenvalue weighted by molar-refractivity contribution is -0.767. The van der Waals surface area contributed by atoms with E-state index >= 15 is 0 Å². The van der Waals surface area contributed by atoms with E-state index in [-0.39, 0.29) is 22.5 Å². The maximum absolute atomic E-state index is 12.5. The smallest absolute Gasteiger partial charge is 0.478 e. The normalized spacial score (nSPS) is 29.6. The van der Waals surface area contributed by atoms with Crippen LogP contribution in [0, 0.1) is 0 Å². The number of carbonyl (C=O) groups is 1. The number of nitrogens with two attached hydrogens (primary N) is 1. The number of ether oxygens (including phenoxy) is 2. The molecule has 24 nitrogen and oxygen atoms in total. The van der Waals surface area contributed by atoms with Crippen LogP contribution in [0.3, 0.4) is 0 Å². The Kier molecular flexibility index (Phi) is 11.5. The summed E-state index contributed by atoms with van der Waals surface area (Å²) in [6, 6.07) is 1.35. The number of aromatic carboxylic acids is 1. The van der Waals surface area contributed by atoms with Gasteiger partial charge in [0.25, 0.3) is 14.1 Å². The SMILES string of the molecule is CSc1cc(C(=O)O)c[n+]([C@H]2O[C@@H](COP(=O)(O)OP(=O)([O-])OC[C@H]3O[C@@H](n4cnc5c(N)ncnc54)[C@H](OP(=O)(O)O)[C@@H]3O)[C@H](O)[C@@H]2O)c1. The van der Waals surface area contributed by atoms with E-state index in [0.29, 0.717) is 4.90 Å². The molecule has 0 aliphatic carbocycles. The molecule has 0 radical (unpaired) electrons. The van der Waals surface area contributed by atoms with Crippen molar-refractivity contribution in [2.75, 3.05) is 25.2 Å². The van der Waals surface area contributed by atoms with Crippen LogP contribution in [0.2, 0.25) is 0 Å². The fraction of sp³-hybridized carbons (Fsp3) is 0.500. The summed E-state index contributed by atoms with van der Waals surface area (Å²) in [5, 5.41) is 41.1. The molecule has 10 atom stereocenters. The molecule has 0 saturated carbocycles. The minimum absolute atomic E-state index is 0.0148. The second-order valence-electron chi connectivity index (χ2n) is 10.6. The molecule has 0 amide bonds. The Balaban J connectivity index is 1.22. The summed E-state index contributed by atoms with van der Waals surface area (Å²) >= 11 is 1.17. The van der Waals surface area contributed by atoms with Gasteiger partial charge in [-0.2, -0.15) is 4.57 Å². The third-order valence-corrected chi connectivity index (χ3v) is 11.0. The second kappa shape index (κ2) is 14.8. The van der Waals surface area contributed by atoms with Gasteiger partial charge in [-0.1, -0.05) is 0 Å². The largest absolute Gasteiger partial charge is 0.756 e. The number of rotatable bonds is 14. The molecule has 2 unspecified atom stereocenters. The summed E-state index contributed by atoms with van der Waals surface area (Å²) in [5.74, 6) is -1.36. The average Bonchev–Trinajstić information content (AvgIpc) is 3.68. The maximum atomic E-state index is 12.5. The molecule has 2 fully saturated rings. The van der Waals surface area contributed by atoms with Crippen LogP contribution in [0.5, 0.6) is 0 Å². The standard InChI is InChI=1S/C22H29N6O18P3S/c1-50-10-2-9(22(32)33)3-27(4-10)20-16(31)14(29)11(43-20)5-41-48(37,38)46-49(39,40)42-6-12-15(30)17(45-47(34,35)36)21(44-12)28-8-26-13-18(23)24-7-25-19(13)28/h2-4,7-8,11-12,14-17,20-21,29-31H,5-6H2,1H3,(H6-,23,24,25,32,33,34,35,36,37,38,39,40)/t11-,12+,14-,15+,16-,17+,20-,21+/m0/s1. The summed E-state index contributed by atoms with van der Waals surface area (Å²) in [5.41, 5.74) is 5.61. The van der Waals surface area contributed by atoms with E-state index < -0.39 is 91.7 Å². The number of phosphoric ester groups is 3. The quantitative estimate of drug-likeness (QED) is 0.0487. The maximum Gasteiger partial charge on any atom is 0.478 e. The Labute approximate surface area is 283 Å². The lowest BCUT2D eigenvalue weighted by atomic mass is 10.1. The van der Waals surface area contributed by atoms with Crippen molar-refractivity contribution in [3.63, 3.8) is 0 Å². The van der Waals surface area contributed by atoms with Gasteiger partial charge in [0.1, 0.15) is 47.9 Å². The number of phosphoric acid groups is 3. The van der Waals surface area contributed by atoms with E-state index in [0.717, 1.165) is 28.0 Å². The molecule has 28 heteroatoms. The van der Waals surface area contributed by atoms with E-state index in [1.807, 2.05) is 0 Å². The van der Waals surface area contributed by atoms with Crippen LogP contribution in [0.4, 0.5) is 5.82 Å². The summed E-state index contributed by atoms with van der Waals surface area (Å²) in [4.78, 5) is 65.0. The second-order valence-corrected chi connectivity index (χ2v) is 15.6. The van der Waals surface area contributed by atoms with Gasteiger partial charge in [0.15, 0.2) is 36.2 Å². The number of aliphatic hydroxyl groups is 3. The molecule has 5 heterocycles. The van der Waals surface area contributed by atoms with Crippen LogP contribution in [0.1, 0.15) is 22.8 Å². The molecule has 5 rings (SSSR count). The highest BCUT2D eigenvalue weighted by Crippen LogP contribution is 2.58. The van der Waals surface area contributed by atoms with Crippen molar-refractivity contribution in [3.05, 3.63) is 36.7 Å². The number of carboxylic acid groups (broad SMARTS) is 1. The Morgan fingerprint density at radius 3 is 2.38 bits per heavy atom. The van der Waals surface area contributed by atoms with Crippen molar-refractivity contribution in [1.82, 2.24) is 19.5 Å². The van der Waals surface area contributed by atoms with Gasteiger partial charge in [-0.25, -0.2) is 33.2 Å². The molecule has 2 aliphatic rings. The lowest BCUT2D eigenvalue weighted by Gasteiger charge is -2.26. The van der Waals surface area contributed by atoms with Gasteiger partial charge < -0.3 is 59.7 Å². The summed E-state index contributed by atoms with van der Waals surface area (Å²) in [6.45, 7) is -2.16. The number of hydrogen-bond donors (Lipinski definition) is 8. The van der Waals surface area contributed by atoms with Crippen molar-refractivity contribution >= 4 is 58.2 Å². The van der Waals surface area contributed by atoms with E-state index in [2.05, 4.69) is 32.8 Å². The highest BCUT2D eigenvalue weighted by Gasteiger charge is 2.51. The number of carboxylic acids is 1. The number of anilines is 1. The van der Waals surface area contributed by atoms with Gasteiger partial charge in [-0.15, -0.1) is 11.8 Å². The molecule has 276 valence electrons. The van der Waals surface area contributed by atoms with Crippen molar-refractivity contribution < 1.29 is 90.4 Å². The van der Waals surface area contributed by atoms with Crippen LogP contribution in [0.15, 0.2) is 36.0 Å². The number of imidazole rings is 1. The average molecular weight is 790 g/mol. The van der Waals surface area contributed by atoms with Crippen LogP contribution < -0.4 is 15.2 Å². The van der Waals surface area contributed by atoms with Gasteiger partial charge in [0, 0.05) is 0 Å². The Hall–Kier alpha value is -2.51. The van der Waals surface area contributed by atoms with Crippen molar-refractivity contribution in [3.8, 4) is 0 Å². The number of aliphatic hydroxyl groups excluding tert-OH is 3. The highest BCUT2D eigenvalue weighted by molar-refractivity contribution is 7.98. The number of fused-ring (bicyclic) bond motifs is 1. The molecule has 3 aromatic heterocycles. The van der Waals surface area contributed by atoms with Gasteiger partial charge in [-0.3, -0.25) is 18.2 Å². The van der Waals surface area contributed by atoms with E-state index in [1.54, 1.807) is 6.26 Å². The van der Waals surface area contributed by atoms with Gasteiger partial charge in [-0.05, 0) is 12.3 Å². The minimum Gasteiger partial charge on any atom is -0.756 e. The molecule has 0 bridgehead atoms. The minimum atomic E-state index is -5.80. The van der Waals surface area contributed by atoms with E-state index in [4.69, 9.17) is 15.2 Å². The van der Waals surface area contributed by atoms with Crippen LogP contribution >= 0.6 is 35.2 Å². The van der Waals surface area contributed by atoms with Gasteiger partial charge in [0.2, 0.25) is 0 Å². The van der Waals surface area contributed by atoms with Crippen molar-refractivity contribution in [2.24, 2.45) is 0 Å².